The van der Waals surface area contributed by atoms with Crippen LogP contribution in [0, 0.1) is 0 Å². The first kappa shape index (κ1) is 20.5. The number of nitrogens with zero attached hydrogens (tertiary/aromatic N) is 4. The molecule has 0 amide bonds. The summed E-state index contributed by atoms with van der Waals surface area (Å²) in [5, 5.41) is 9.93. The van der Waals surface area contributed by atoms with Crippen molar-refractivity contribution >= 4 is 17.5 Å². The van der Waals surface area contributed by atoms with E-state index >= 15 is 0 Å². The Morgan fingerprint density at radius 1 is 1.06 bits per heavy atom. The number of hydrogen-bond donors (Lipinski definition) is 0. The fraction of sp³-hybridized carbons (Fsp3) is 0.296. The van der Waals surface area contributed by atoms with Crippen LogP contribution in [0.2, 0.25) is 0 Å². The molecule has 4 aromatic rings. The van der Waals surface area contributed by atoms with Gasteiger partial charge in [-0.15, -0.1) is 10.2 Å². The molecule has 0 bridgehead atoms. The lowest BCUT2D eigenvalue weighted by Crippen LogP contribution is -2.40. The van der Waals surface area contributed by atoms with Gasteiger partial charge in [0.15, 0.2) is 5.16 Å². The number of benzene rings is 2. The van der Waals surface area contributed by atoms with Gasteiger partial charge in [0.25, 0.3) is 5.56 Å². The molecule has 1 spiro atoms. The van der Waals surface area contributed by atoms with Crippen LogP contribution in [0.3, 0.4) is 0 Å². The van der Waals surface area contributed by atoms with E-state index in [0.717, 1.165) is 71.1 Å². The molecule has 2 aliphatic rings. The van der Waals surface area contributed by atoms with E-state index in [9.17, 15) is 4.79 Å². The van der Waals surface area contributed by atoms with Crippen molar-refractivity contribution in [3.05, 3.63) is 88.2 Å². The molecule has 1 fully saturated rings. The molecule has 2 heterocycles. The number of para-hydroxylation sites is 1. The number of fused-ring (bicyclic) bond motifs is 6. The lowest BCUT2D eigenvalue weighted by molar-refractivity contribution is 0.424. The Bertz CT molecular complexity index is 1440. The average molecular weight is 455 g/mol. The van der Waals surface area contributed by atoms with Gasteiger partial charge in [-0.1, -0.05) is 79.2 Å². The van der Waals surface area contributed by atoms with Crippen molar-refractivity contribution < 1.29 is 0 Å². The number of thioether (sulfide) groups is 1. The highest BCUT2D eigenvalue weighted by Crippen LogP contribution is 2.50. The van der Waals surface area contributed by atoms with E-state index in [-0.39, 0.29) is 11.0 Å². The van der Waals surface area contributed by atoms with Crippen molar-refractivity contribution in [2.45, 2.75) is 49.6 Å². The summed E-state index contributed by atoms with van der Waals surface area (Å²) in [6.45, 7) is 6.08. The van der Waals surface area contributed by atoms with Crippen LogP contribution in [-0.2, 0) is 11.8 Å². The van der Waals surface area contributed by atoms with E-state index in [1.54, 1.807) is 16.3 Å². The van der Waals surface area contributed by atoms with Crippen LogP contribution in [0.15, 0.2) is 76.7 Å². The van der Waals surface area contributed by atoms with E-state index in [1.807, 2.05) is 37.3 Å². The molecule has 5 nitrogen and oxygen atoms in total. The molecule has 0 atom stereocenters. The van der Waals surface area contributed by atoms with E-state index < -0.39 is 0 Å². The Balaban J connectivity index is 1.77. The van der Waals surface area contributed by atoms with Crippen LogP contribution in [0.1, 0.15) is 43.7 Å². The van der Waals surface area contributed by atoms with Gasteiger partial charge in [0.1, 0.15) is 0 Å². The third-order valence-corrected chi connectivity index (χ3v) is 8.21. The smallest absolute Gasteiger partial charge is 0.263 e. The standard InChI is InChI=1S/C27H26N4OS/c1-18(2)17-33-26-29-28-25-30(20-11-4-3-5-12-20)24(32)22-23(31(25)26)21-13-7-6-10-19(21)16-27(22)14-8-9-15-27/h3-7,10-13H,1,8-9,14-17H2,2H3. The fourth-order valence-electron chi connectivity index (χ4n) is 5.68. The van der Waals surface area contributed by atoms with E-state index in [1.165, 1.54) is 5.56 Å². The van der Waals surface area contributed by atoms with Crippen LogP contribution in [0.5, 0.6) is 0 Å². The maximum atomic E-state index is 14.3. The highest BCUT2D eigenvalue weighted by molar-refractivity contribution is 7.99. The molecule has 2 aromatic heterocycles. The van der Waals surface area contributed by atoms with Crippen molar-refractivity contribution in [1.29, 1.82) is 0 Å². The molecule has 0 unspecified atom stereocenters. The summed E-state index contributed by atoms with van der Waals surface area (Å²) >= 11 is 1.63. The van der Waals surface area contributed by atoms with Crippen molar-refractivity contribution in [3.8, 4) is 16.9 Å². The summed E-state index contributed by atoms with van der Waals surface area (Å²) in [6, 6.07) is 18.4. The summed E-state index contributed by atoms with van der Waals surface area (Å²) < 4.78 is 3.90. The largest absolute Gasteiger partial charge is 0.268 e. The van der Waals surface area contributed by atoms with Gasteiger partial charge < -0.3 is 0 Å². The van der Waals surface area contributed by atoms with Gasteiger partial charge in [0, 0.05) is 22.3 Å². The molecule has 1 saturated carbocycles. The quantitative estimate of drug-likeness (QED) is 0.298. The Morgan fingerprint density at radius 2 is 1.79 bits per heavy atom. The van der Waals surface area contributed by atoms with E-state index in [4.69, 9.17) is 0 Å². The average Bonchev–Trinajstić information content (AvgIpc) is 3.45. The molecule has 6 heteroatoms. The summed E-state index contributed by atoms with van der Waals surface area (Å²) in [4.78, 5) is 14.3. The zero-order valence-corrected chi connectivity index (χ0v) is 19.6. The van der Waals surface area contributed by atoms with Gasteiger partial charge in [-0.3, -0.25) is 9.20 Å². The highest BCUT2D eigenvalue weighted by atomic mass is 32.2. The number of aromatic nitrogens is 4. The minimum Gasteiger partial charge on any atom is -0.268 e. The highest BCUT2D eigenvalue weighted by Gasteiger charge is 2.45. The Hall–Kier alpha value is -3.12. The number of hydrogen-bond acceptors (Lipinski definition) is 4. The van der Waals surface area contributed by atoms with Gasteiger partial charge in [-0.25, -0.2) is 4.57 Å². The van der Waals surface area contributed by atoms with Crippen molar-refractivity contribution in [2.75, 3.05) is 5.75 Å². The first-order valence-electron chi connectivity index (χ1n) is 11.5. The lowest BCUT2D eigenvalue weighted by Gasteiger charge is -2.37. The second kappa shape index (κ2) is 7.73. The van der Waals surface area contributed by atoms with Crippen molar-refractivity contribution in [1.82, 2.24) is 19.2 Å². The molecule has 6 rings (SSSR count). The monoisotopic (exact) mass is 454 g/mol. The summed E-state index contributed by atoms with van der Waals surface area (Å²) in [7, 11) is 0. The Kier molecular flexibility index (Phi) is 4.80. The van der Waals surface area contributed by atoms with Crippen molar-refractivity contribution in [3.63, 3.8) is 0 Å². The summed E-state index contributed by atoms with van der Waals surface area (Å²) in [6.07, 6.45) is 5.32. The van der Waals surface area contributed by atoms with Crippen LogP contribution >= 0.6 is 11.8 Å². The molecule has 0 N–H and O–H groups in total. The second-order valence-corrected chi connectivity index (χ2v) is 10.3. The molecule has 2 aliphatic carbocycles. The zero-order valence-electron chi connectivity index (χ0n) is 18.8. The Labute approximate surface area is 197 Å². The third-order valence-electron chi connectivity index (χ3n) is 7.05. The second-order valence-electron chi connectivity index (χ2n) is 9.38. The predicted molar refractivity (Wildman–Crippen MR) is 133 cm³/mol. The number of rotatable bonds is 4. The minimum atomic E-state index is -0.133. The summed E-state index contributed by atoms with van der Waals surface area (Å²) in [5.74, 6) is 1.33. The van der Waals surface area contributed by atoms with E-state index in [2.05, 4.69) is 45.4 Å². The molecule has 0 radical (unpaired) electrons. The first-order chi connectivity index (χ1) is 16.1. The zero-order chi connectivity index (χ0) is 22.6. The predicted octanol–water partition coefficient (Wildman–Crippen LogP) is 5.58. The van der Waals surface area contributed by atoms with Crippen LogP contribution < -0.4 is 5.56 Å². The maximum absolute atomic E-state index is 14.3. The van der Waals surface area contributed by atoms with Crippen LogP contribution in [0.25, 0.3) is 22.7 Å². The van der Waals surface area contributed by atoms with Gasteiger partial charge in [-0.2, -0.15) is 0 Å². The van der Waals surface area contributed by atoms with Gasteiger partial charge in [0.05, 0.1) is 11.4 Å². The summed E-state index contributed by atoms with van der Waals surface area (Å²) in [5.41, 5.74) is 6.18. The minimum absolute atomic E-state index is 0.0453. The van der Waals surface area contributed by atoms with E-state index in [0.29, 0.717) is 5.78 Å². The van der Waals surface area contributed by atoms with Gasteiger partial charge in [-0.05, 0) is 43.9 Å². The lowest BCUT2D eigenvalue weighted by atomic mass is 9.68. The SMILES string of the molecule is C=C(C)CSc1nnc2n(-c3ccccc3)c(=O)c3c(n12)-c1ccccc1CC31CCCC1. The fourth-order valence-corrected chi connectivity index (χ4v) is 6.46. The third kappa shape index (κ3) is 3.11. The Morgan fingerprint density at radius 3 is 2.55 bits per heavy atom. The van der Waals surface area contributed by atoms with Gasteiger partial charge >= 0.3 is 0 Å². The first-order valence-corrected chi connectivity index (χ1v) is 12.5. The maximum Gasteiger partial charge on any atom is 0.263 e. The topological polar surface area (TPSA) is 52.2 Å². The normalized spacial score (nSPS) is 16.2. The van der Waals surface area contributed by atoms with Gasteiger partial charge in [0.2, 0.25) is 5.78 Å². The van der Waals surface area contributed by atoms with Crippen molar-refractivity contribution in [2.24, 2.45) is 0 Å². The molecule has 2 aromatic carbocycles. The van der Waals surface area contributed by atoms with Crippen LogP contribution in [0.4, 0.5) is 0 Å². The molecule has 33 heavy (non-hydrogen) atoms. The molecule has 166 valence electrons. The molecule has 0 aliphatic heterocycles. The molecular weight excluding hydrogens is 428 g/mol. The molecule has 0 saturated heterocycles. The van der Waals surface area contributed by atoms with Crippen LogP contribution in [-0.4, -0.2) is 24.9 Å². The molecular formula is C27H26N4OS.